The van der Waals surface area contributed by atoms with Crippen molar-refractivity contribution < 1.29 is 9.21 Å². The number of aromatic nitrogens is 2. The topological polar surface area (TPSA) is 68.0 Å². The van der Waals surface area contributed by atoms with Gasteiger partial charge in [-0.1, -0.05) is 41.6 Å². The van der Waals surface area contributed by atoms with Gasteiger partial charge in [-0.15, -0.1) is 10.2 Å². The Balaban J connectivity index is 1.56. The van der Waals surface area contributed by atoms with Gasteiger partial charge in [0.25, 0.3) is 5.22 Å². The SMILES string of the molecule is Cc1ccc(-c2nnc(SCC(=O)N[C@H](C)c3cccc(Cl)c3)o2)cc1C. The van der Waals surface area contributed by atoms with Gasteiger partial charge in [-0.2, -0.15) is 0 Å². The summed E-state index contributed by atoms with van der Waals surface area (Å²) in [4.78, 5) is 12.2. The van der Waals surface area contributed by atoms with Gasteiger partial charge in [-0.05, 0) is 61.7 Å². The highest BCUT2D eigenvalue weighted by Gasteiger charge is 2.14. The number of thioether (sulfide) groups is 1. The van der Waals surface area contributed by atoms with Gasteiger partial charge < -0.3 is 9.73 Å². The lowest BCUT2D eigenvalue weighted by atomic mass is 10.1. The Morgan fingerprint density at radius 3 is 2.74 bits per heavy atom. The first-order valence-corrected chi connectivity index (χ1v) is 9.87. The van der Waals surface area contributed by atoms with E-state index in [9.17, 15) is 4.79 Å². The Hall–Kier alpha value is -2.31. The molecular formula is C20H20ClN3O2S. The van der Waals surface area contributed by atoms with Gasteiger partial charge >= 0.3 is 0 Å². The van der Waals surface area contributed by atoms with Crippen LogP contribution in [-0.2, 0) is 4.79 Å². The fourth-order valence-corrected chi connectivity index (χ4v) is 3.30. The Labute approximate surface area is 167 Å². The van der Waals surface area contributed by atoms with Crippen LogP contribution in [0, 0.1) is 13.8 Å². The molecule has 3 aromatic rings. The Bertz CT molecular complexity index is 958. The molecule has 0 aliphatic carbocycles. The van der Waals surface area contributed by atoms with E-state index in [1.165, 1.54) is 17.3 Å². The zero-order chi connectivity index (χ0) is 19.4. The third-order valence-electron chi connectivity index (χ3n) is 4.21. The molecule has 7 heteroatoms. The molecule has 0 bridgehead atoms. The normalized spacial score (nSPS) is 12.0. The number of hydrogen-bond donors (Lipinski definition) is 1. The van der Waals surface area contributed by atoms with Crippen LogP contribution in [0.2, 0.25) is 5.02 Å². The van der Waals surface area contributed by atoms with E-state index in [-0.39, 0.29) is 17.7 Å². The minimum Gasteiger partial charge on any atom is -0.411 e. The Kier molecular flexibility index (Phi) is 6.19. The number of hydrogen-bond acceptors (Lipinski definition) is 5. The number of benzene rings is 2. The van der Waals surface area contributed by atoms with E-state index in [0.717, 1.165) is 16.7 Å². The van der Waals surface area contributed by atoms with Crippen molar-refractivity contribution in [1.29, 1.82) is 0 Å². The third kappa shape index (κ3) is 5.11. The maximum Gasteiger partial charge on any atom is 0.277 e. The van der Waals surface area contributed by atoms with Crippen LogP contribution in [-0.4, -0.2) is 21.9 Å². The fraction of sp³-hybridized carbons (Fsp3) is 0.250. The van der Waals surface area contributed by atoms with Crippen molar-refractivity contribution >= 4 is 29.3 Å². The molecule has 1 aromatic heterocycles. The number of carbonyl (C=O) groups is 1. The average Bonchev–Trinajstić information content (AvgIpc) is 3.11. The van der Waals surface area contributed by atoms with Crippen LogP contribution in [0.1, 0.15) is 29.7 Å². The monoisotopic (exact) mass is 401 g/mol. The Morgan fingerprint density at radius 1 is 1.19 bits per heavy atom. The minimum absolute atomic E-state index is 0.113. The van der Waals surface area contributed by atoms with Gasteiger partial charge in [0.05, 0.1) is 11.8 Å². The van der Waals surface area contributed by atoms with Crippen molar-refractivity contribution in [2.24, 2.45) is 0 Å². The van der Waals surface area contributed by atoms with Crippen LogP contribution in [0.15, 0.2) is 52.1 Å². The van der Waals surface area contributed by atoms with Crippen molar-refractivity contribution in [3.63, 3.8) is 0 Å². The highest BCUT2D eigenvalue weighted by Crippen LogP contribution is 2.25. The molecular weight excluding hydrogens is 382 g/mol. The first-order valence-electron chi connectivity index (χ1n) is 8.51. The predicted octanol–water partition coefficient (Wildman–Crippen LogP) is 4.98. The van der Waals surface area contributed by atoms with E-state index >= 15 is 0 Å². The second kappa shape index (κ2) is 8.59. The smallest absolute Gasteiger partial charge is 0.277 e. The first-order chi connectivity index (χ1) is 12.9. The van der Waals surface area contributed by atoms with Gasteiger partial charge in [-0.3, -0.25) is 4.79 Å². The van der Waals surface area contributed by atoms with E-state index in [0.29, 0.717) is 16.1 Å². The van der Waals surface area contributed by atoms with Crippen molar-refractivity contribution in [2.75, 3.05) is 5.75 Å². The number of nitrogens with one attached hydrogen (secondary N) is 1. The second-order valence-corrected chi connectivity index (χ2v) is 7.67. The summed E-state index contributed by atoms with van der Waals surface area (Å²) in [5, 5.41) is 12.0. The molecule has 1 heterocycles. The van der Waals surface area contributed by atoms with Gasteiger partial charge in [0.2, 0.25) is 11.8 Å². The number of aryl methyl sites for hydroxylation is 2. The lowest BCUT2D eigenvalue weighted by Gasteiger charge is -2.14. The second-order valence-electron chi connectivity index (χ2n) is 6.31. The minimum atomic E-state index is -0.134. The molecule has 0 saturated heterocycles. The van der Waals surface area contributed by atoms with Crippen molar-refractivity contribution in [3.8, 4) is 11.5 Å². The molecule has 0 radical (unpaired) electrons. The zero-order valence-corrected chi connectivity index (χ0v) is 16.9. The standard InChI is InChI=1S/C20H20ClN3O2S/c1-12-7-8-16(9-13(12)2)19-23-24-20(26-19)27-11-18(25)22-14(3)15-5-4-6-17(21)10-15/h4-10,14H,11H2,1-3H3,(H,22,25)/t14-/m1/s1. The molecule has 1 atom stereocenters. The predicted molar refractivity (Wildman–Crippen MR) is 108 cm³/mol. The molecule has 0 spiro atoms. The number of halogens is 1. The summed E-state index contributed by atoms with van der Waals surface area (Å²) in [7, 11) is 0. The maximum atomic E-state index is 12.2. The van der Waals surface area contributed by atoms with E-state index < -0.39 is 0 Å². The van der Waals surface area contributed by atoms with Crippen molar-refractivity contribution in [3.05, 3.63) is 64.2 Å². The quantitative estimate of drug-likeness (QED) is 0.590. The highest BCUT2D eigenvalue weighted by atomic mass is 35.5. The van der Waals surface area contributed by atoms with Crippen LogP contribution < -0.4 is 5.32 Å². The molecule has 1 N–H and O–H groups in total. The van der Waals surface area contributed by atoms with Crippen molar-refractivity contribution in [1.82, 2.24) is 15.5 Å². The number of amides is 1. The summed E-state index contributed by atoms with van der Waals surface area (Å²) in [5.41, 5.74) is 4.19. The summed E-state index contributed by atoms with van der Waals surface area (Å²) in [5.74, 6) is 0.533. The lowest BCUT2D eigenvalue weighted by Crippen LogP contribution is -2.28. The van der Waals surface area contributed by atoms with Gasteiger partial charge in [0, 0.05) is 10.6 Å². The molecule has 0 aliphatic rings. The van der Waals surface area contributed by atoms with E-state index in [2.05, 4.69) is 22.4 Å². The van der Waals surface area contributed by atoms with E-state index in [1.54, 1.807) is 6.07 Å². The Morgan fingerprint density at radius 2 is 2.00 bits per heavy atom. The van der Waals surface area contributed by atoms with E-state index in [1.807, 2.05) is 50.2 Å². The largest absolute Gasteiger partial charge is 0.411 e. The summed E-state index contributed by atoms with van der Waals surface area (Å²) in [6.45, 7) is 6.01. The summed E-state index contributed by atoms with van der Waals surface area (Å²) >= 11 is 7.21. The molecule has 3 rings (SSSR count). The summed E-state index contributed by atoms with van der Waals surface area (Å²) in [6.07, 6.45) is 0. The van der Waals surface area contributed by atoms with Crippen LogP contribution in [0.25, 0.3) is 11.5 Å². The van der Waals surface area contributed by atoms with Crippen molar-refractivity contribution in [2.45, 2.75) is 32.0 Å². The molecule has 0 unspecified atom stereocenters. The number of carbonyl (C=O) groups excluding carboxylic acids is 1. The van der Waals surface area contributed by atoms with Crippen LogP contribution >= 0.6 is 23.4 Å². The molecule has 1 amide bonds. The van der Waals surface area contributed by atoms with Gasteiger partial charge in [-0.25, -0.2) is 0 Å². The summed E-state index contributed by atoms with van der Waals surface area (Å²) < 4.78 is 5.66. The van der Waals surface area contributed by atoms with Crippen LogP contribution in [0.3, 0.4) is 0 Å². The maximum absolute atomic E-state index is 12.2. The highest BCUT2D eigenvalue weighted by molar-refractivity contribution is 7.99. The molecule has 5 nitrogen and oxygen atoms in total. The van der Waals surface area contributed by atoms with E-state index in [4.69, 9.17) is 16.0 Å². The zero-order valence-electron chi connectivity index (χ0n) is 15.3. The molecule has 0 saturated carbocycles. The van der Waals surface area contributed by atoms with Crippen LogP contribution in [0.4, 0.5) is 0 Å². The first kappa shape index (κ1) is 19.5. The lowest BCUT2D eigenvalue weighted by molar-refractivity contribution is -0.119. The number of rotatable bonds is 6. The van der Waals surface area contributed by atoms with Crippen LogP contribution in [0.5, 0.6) is 0 Å². The van der Waals surface area contributed by atoms with Gasteiger partial charge in [0.15, 0.2) is 0 Å². The molecule has 2 aromatic carbocycles. The molecule has 0 aliphatic heterocycles. The molecule has 0 fully saturated rings. The summed E-state index contributed by atoms with van der Waals surface area (Å²) in [6, 6.07) is 13.3. The molecule has 140 valence electrons. The van der Waals surface area contributed by atoms with Gasteiger partial charge in [0.1, 0.15) is 0 Å². The number of nitrogens with zero attached hydrogens (tertiary/aromatic N) is 2. The fourth-order valence-electron chi connectivity index (χ4n) is 2.53. The average molecular weight is 402 g/mol. The molecule has 27 heavy (non-hydrogen) atoms. The third-order valence-corrected chi connectivity index (χ3v) is 5.27.